The summed E-state index contributed by atoms with van der Waals surface area (Å²) in [4.78, 5) is 0. The first kappa shape index (κ1) is 10.1. The second-order valence-corrected chi connectivity index (χ2v) is 3.93. The van der Waals surface area contributed by atoms with Crippen molar-refractivity contribution < 1.29 is 8.39 Å². The molecule has 0 aromatic rings. The zero-order valence-corrected chi connectivity index (χ0v) is 7.90. The van der Waals surface area contributed by atoms with E-state index in [0.717, 1.165) is 6.42 Å². The summed E-state index contributed by atoms with van der Waals surface area (Å²) >= 11 is -1.11. The summed E-state index contributed by atoms with van der Waals surface area (Å²) < 4.78 is 15.6. The van der Waals surface area contributed by atoms with Crippen molar-refractivity contribution >= 4 is 11.1 Å². The minimum atomic E-state index is -1.11. The standard InChI is InChI=1S/C7H16O2S/c1-6(2)5-7(3)9-10(4)8/h6-7H,5H2,1-4H3. The van der Waals surface area contributed by atoms with Crippen molar-refractivity contribution in [1.29, 1.82) is 0 Å². The van der Waals surface area contributed by atoms with Gasteiger partial charge >= 0.3 is 0 Å². The maximum atomic E-state index is 10.5. The predicted molar refractivity (Wildman–Crippen MR) is 44.1 cm³/mol. The zero-order valence-electron chi connectivity index (χ0n) is 7.09. The smallest absolute Gasteiger partial charge is 0.152 e. The lowest BCUT2D eigenvalue weighted by atomic mass is 10.1. The summed E-state index contributed by atoms with van der Waals surface area (Å²) in [7, 11) is 0. The highest BCUT2D eigenvalue weighted by Gasteiger charge is 2.06. The fourth-order valence-electron chi connectivity index (χ4n) is 0.934. The maximum absolute atomic E-state index is 10.5. The van der Waals surface area contributed by atoms with Crippen LogP contribution in [0.1, 0.15) is 27.2 Å². The van der Waals surface area contributed by atoms with Crippen molar-refractivity contribution in [3.05, 3.63) is 0 Å². The van der Waals surface area contributed by atoms with Crippen molar-refractivity contribution in [2.75, 3.05) is 6.26 Å². The highest BCUT2D eigenvalue weighted by Crippen LogP contribution is 2.07. The fourth-order valence-corrected chi connectivity index (χ4v) is 1.48. The van der Waals surface area contributed by atoms with Gasteiger partial charge in [-0.1, -0.05) is 13.8 Å². The van der Waals surface area contributed by atoms with Gasteiger partial charge in [-0.3, -0.25) is 4.18 Å². The molecule has 0 saturated heterocycles. The Morgan fingerprint density at radius 3 is 2.20 bits per heavy atom. The summed E-state index contributed by atoms with van der Waals surface area (Å²) in [5.74, 6) is 0.610. The van der Waals surface area contributed by atoms with E-state index in [2.05, 4.69) is 13.8 Å². The van der Waals surface area contributed by atoms with Crippen LogP contribution in [0.25, 0.3) is 0 Å². The Morgan fingerprint density at radius 2 is 1.90 bits per heavy atom. The summed E-state index contributed by atoms with van der Waals surface area (Å²) in [6.07, 6.45) is 2.64. The molecule has 0 aromatic carbocycles. The third-order valence-electron chi connectivity index (χ3n) is 1.10. The first-order chi connectivity index (χ1) is 4.52. The second kappa shape index (κ2) is 4.85. The molecule has 0 N–H and O–H groups in total. The molecule has 0 radical (unpaired) electrons. The second-order valence-electron chi connectivity index (χ2n) is 2.94. The van der Waals surface area contributed by atoms with Crippen molar-refractivity contribution in [2.24, 2.45) is 5.92 Å². The van der Waals surface area contributed by atoms with Crippen LogP contribution in [-0.2, 0) is 15.3 Å². The first-order valence-corrected chi connectivity index (χ1v) is 5.01. The topological polar surface area (TPSA) is 26.3 Å². The number of hydrogen-bond donors (Lipinski definition) is 0. The van der Waals surface area contributed by atoms with Crippen molar-refractivity contribution in [1.82, 2.24) is 0 Å². The molecular formula is C7H16O2S. The van der Waals surface area contributed by atoms with Gasteiger partial charge in [0.1, 0.15) is 0 Å². The Bertz CT molecular complexity index is 112. The van der Waals surface area contributed by atoms with Crippen LogP contribution in [0, 0.1) is 5.92 Å². The first-order valence-electron chi connectivity index (χ1n) is 3.53. The lowest BCUT2D eigenvalue weighted by Crippen LogP contribution is -2.11. The van der Waals surface area contributed by atoms with E-state index in [1.165, 1.54) is 0 Å². The molecule has 0 heterocycles. The SMILES string of the molecule is CC(C)CC(C)OS(C)=O. The molecule has 2 atom stereocenters. The van der Waals surface area contributed by atoms with Crippen molar-refractivity contribution in [3.8, 4) is 0 Å². The fraction of sp³-hybridized carbons (Fsp3) is 1.00. The Labute approximate surface area is 65.6 Å². The van der Waals surface area contributed by atoms with E-state index in [1.54, 1.807) is 6.26 Å². The van der Waals surface area contributed by atoms with Gasteiger partial charge in [0.2, 0.25) is 0 Å². The highest BCUT2D eigenvalue weighted by molar-refractivity contribution is 7.79. The van der Waals surface area contributed by atoms with E-state index in [1.807, 2.05) is 6.92 Å². The summed E-state index contributed by atoms with van der Waals surface area (Å²) in [5.41, 5.74) is 0. The van der Waals surface area contributed by atoms with E-state index in [4.69, 9.17) is 4.18 Å². The summed E-state index contributed by atoms with van der Waals surface area (Å²) in [5, 5.41) is 0. The summed E-state index contributed by atoms with van der Waals surface area (Å²) in [6.45, 7) is 6.19. The monoisotopic (exact) mass is 164 g/mol. The van der Waals surface area contributed by atoms with Gasteiger partial charge in [0.25, 0.3) is 0 Å². The molecule has 0 aliphatic heterocycles. The van der Waals surface area contributed by atoms with Crippen LogP contribution in [0.4, 0.5) is 0 Å². The largest absolute Gasteiger partial charge is 0.288 e. The maximum Gasteiger partial charge on any atom is 0.152 e. The molecule has 0 bridgehead atoms. The van der Waals surface area contributed by atoms with Crippen LogP contribution in [0.3, 0.4) is 0 Å². The normalized spacial score (nSPS) is 17.3. The van der Waals surface area contributed by atoms with E-state index in [9.17, 15) is 4.21 Å². The van der Waals surface area contributed by atoms with Crippen LogP contribution in [0.15, 0.2) is 0 Å². The zero-order chi connectivity index (χ0) is 8.15. The van der Waals surface area contributed by atoms with Gasteiger partial charge in [-0.05, 0) is 19.3 Å². The highest BCUT2D eigenvalue weighted by atomic mass is 32.2. The molecule has 0 saturated carbocycles. The van der Waals surface area contributed by atoms with Gasteiger partial charge in [-0.2, -0.15) is 0 Å². The Kier molecular flexibility index (Phi) is 4.91. The van der Waals surface area contributed by atoms with Crippen LogP contribution in [0.5, 0.6) is 0 Å². The van der Waals surface area contributed by atoms with Crippen LogP contribution in [0.2, 0.25) is 0 Å². The predicted octanol–water partition coefficient (Wildman–Crippen LogP) is 1.73. The quantitative estimate of drug-likeness (QED) is 0.632. The van der Waals surface area contributed by atoms with E-state index < -0.39 is 11.1 Å². The molecule has 2 nitrogen and oxygen atoms in total. The third kappa shape index (κ3) is 6.23. The molecule has 0 aliphatic carbocycles. The Morgan fingerprint density at radius 1 is 1.40 bits per heavy atom. The molecule has 3 heteroatoms. The average Bonchev–Trinajstić information content (AvgIpc) is 1.58. The molecule has 0 fully saturated rings. The van der Waals surface area contributed by atoms with Gasteiger partial charge in [-0.15, -0.1) is 0 Å². The van der Waals surface area contributed by atoms with Crippen molar-refractivity contribution in [3.63, 3.8) is 0 Å². The molecule has 0 aromatic heterocycles. The molecular weight excluding hydrogens is 148 g/mol. The molecule has 0 aliphatic rings. The minimum Gasteiger partial charge on any atom is -0.288 e. The van der Waals surface area contributed by atoms with E-state index >= 15 is 0 Å². The van der Waals surface area contributed by atoms with Crippen LogP contribution < -0.4 is 0 Å². The Hall–Kier alpha value is 0.110. The van der Waals surface area contributed by atoms with Gasteiger partial charge in [0.05, 0.1) is 6.10 Å². The molecule has 62 valence electrons. The summed E-state index contributed by atoms with van der Waals surface area (Å²) in [6, 6.07) is 0. The van der Waals surface area contributed by atoms with Crippen LogP contribution >= 0.6 is 0 Å². The van der Waals surface area contributed by atoms with E-state index in [-0.39, 0.29) is 6.10 Å². The number of hydrogen-bond acceptors (Lipinski definition) is 2. The lowest BCUT2D eigenvalue weighted by molar-refractivity contribution is 0.217. The molecule has 0 amide bonds. The van der Waals surface area contributed by atoms with Gasteiger partial charge < -0.3 is 0 Å². The Balaban J connectivity index is 3.43. The number of rotatable bonds is 4. The van der Waals surface area contributed by atoms with Gasteiger partial charge in [0.15, 0.2) is 11.1 Å². The minimum absolute atomic E-state index is 0.117. The molecule has 0 spiro atoms. The van der Waals surface area contributed by atoms with Gasteiger partial charge in [0, 0.05) is 6.26 Å². The molecule has 10 heavy (non-hydrogen) atoms. The third-order valence-corrected chi connectivity index (χ3v) is 1.70. The van der Waals surface area contributed by atoms with Crippen LogP contribution in [-0.4, -0.2) is 16.6 Å². The van der Waals surface area contributed by atoms with E-state index in [0.29, 0.717) is 5.92 Å². The van der Waals surface area contributed by atoms with Crippen molar-refractivity contribution in [2.45, 2.75) is 33.3 Å². The average molecular weight is 164 g/mol. The molecule has 0 rings (SSSR count). The van der Waals surface area contributed by atoms with Gasteiger partial charge in [-0.25, -0.2) is 4.21 Å². The molecule has 2 unspecified atom stereocenters. The lowest BCUT2D eigenvalue weighted by Gasteiger charge is -2.11.